The molecular formula is C22H24ClN3O3S. The molecule has 1 aromatic carbocycles. The van der Waals surface area contributed by atoms with E-state index in [0.717, 1.165) is 11.3 Å². The highest BCUT2D eigenvalue weighted by atomic mass is 35.5. The van der Waals surface area contributed by atoms with E-state index in [1.165, 1.54) is 6.20 Å². The molecule has 3 rings (SSSR count). The number of nitrogens with zero attached hydrogens (tertiary/aromatic N) is 2. The average Bonchev–Trinajstić information content (AvgIpc) is 2.93. The van der Waals surface area contributed by atoms with Crippen LogP contribution in [0, 0.1) is 20.8 Å². The van der Waals surface area contributed by atoms with E-state index in [9.17, 15) is 13.2 Å². The van der Waals surface area contributed by atoms with Crippen LogP contribution >= 0.6 is 11.6 Å². The number of aryl methyl sites for hydroxylation is 1. The highest BCUT2D eigenvalue weighted by Crippen LogP contribution is 2.37. The number of rotatable bonds is 5. The predicted octanol–water partition coefficient (Wildman–Crippen LogP) is 5.13. The summed E-state index contributed by atoms with van der Waals surface area (Å²) in [5, 5.41) is 2.84. The van der Waals surface area contributed by atoms with Crippen LogP contribution < -0.4 is 5.32 Å². The van der Waals surface area contributed by atoms with E-state index in [4.69, 9.17) is 11.6 Å². The fourth-order valence-corrected chi connectivity index (χ4v) is 5.35. The van der Waals surface area contributed by atoms with Gasteiger partial charge in [-0.15, -0.1) is 0 Å². The first-order chi connectivity index (χ1) is 14.1. The summed E-state index contributed by atoms with van der Waals surface area (Å²) in [6, 6.07) is 9.73. The van der Waals surface area contributed by atoms with Gasteiger partial charge in [0.2, 0.25) is 9.84 Å². The minimum atomic E-state index is -3.87. The van der Waals surface area contributed by atoms with Crippen molar-refractivity contribution in [3.63, 3.8) is 0 Å². The Morgan fingerprint density at radius 2 is 1.73 bits per heavy atom. The lowest BCUT2D eigenvalue weighted by atomic mass is 10.2. The molecular weight excluding hydrogens is 422 g/mol. The number of sulfone groups is 1. The van der Waals surface area contributed by atoms with Gasteiger partial charge in [-0.3, -0.25) is 4.79 Å². The zero-order valence-corrected chi connectivity index (χ0v) is 19.1. The summed E-state index contributed by atoms with van der Waals surface area (Å²) in [5.74, 6) is -0.293. The van der Waals surface area contributed by atoms with Crippen LogP contribution in [-0.2, 0) is 9.84 Å². The van der Waals surface area contributed by atoms with Gasteiger partial charge in [-0.1, -0.05) is 29.3 Å². The number of amides is 1. The lowest BCUT2D eigenvalue weighted by Crippen LogP contribution is -2.19. The summed E-state index contributed by atoms with van der Waals surface area (Å²) < 4.78 is 28.9. The Balaban J connectivity index is 2.21. The van der Waals surface area contributed by atoms with Gasteiger partial charge in [0.05, 0.1) is 10.5 Å². The SMILES string of the molecule is Cc1ccc(S(=O)(=O)c2c(C)c(C)n(C(C)C)c2NC(=O)c2cccnc2Cl)cc1. The van der Waals surface area contributed by atoms with Crippen LogP contribution in [0.25, 0.3) is 0 Å². The minimum Gasteiger partial charge on any atom is -0.328 e. The van der Waals surface area contributed by atoms with E-state index in [1.807, 2.05) is 32.3 Å². The summed E-state index contributed by atoms with van der Waals surface area (Å²) >= 11 is 6.07. The molecule has 6 nitrogen and oxygen atoms in total. The lowest BCUT2D eigenvalue weighted by molar-refractivity contribution is 0.102. The third-order valence-electron chi connectivity index (χ3n) is 5.05. The number of aromatic nitrogens is 2. The summed E-state index contributed by atoms with van der Waals surface area (Å²) in [7, 11) is -3.87. The fraction of sp³-hybridized carbons (Fsp3) is 0.273. The monoisotopic (exact) mass is 445 g/mol. The van der Waals surface area contributed by atoms with E-state index >= 15 is 0 Å². The van der Waals surface area contributed by atoms with E-state index in [0.29, 0.717) is 5.56 Å². The van der Waals surface area contributed by atoms with Crippen molar-refractivity contribution in [2.24, 2.45) is 0 Å². The highest BCUT2D eigenvalue weighted by Gasteiger charge is 2.31. The van der Waals surface area contributed by atoms with Gasteiger partial charge in [0.15, 0.2) is 0 Å². The number of pyridine rings is 1. The van der Waals surface area contributed by atoms with Crippen molar-refractivity contribution in [3.8, 4) is 0 Å². The van der Waals surface area contributed by atoms with Crippen molar-refractivity contribution in [1.29, 1.82) is 0 Å². The van der Waals surface area contributed by atoms with Crippen molar-refractivity contribution >= 4 is 33.2 Å². The first-order valence-corrected chi connectivity index (χ1v) is 11.4. The molecule has 0 aliphatic rings. The molecule has 0 spiro atoms. The second-order valence-corrected chi connectivity index (χ2v) is 9.71. The Hall–Kier alpha value is -2.64. The zero-order chi connectivity index (χ0) is 22.2. The van der Waals surface area contributed by atoms with Gasteiger partial charge in [-0.2, -0.15) is 0 Å². The fourth-order valence-electron chi connectivity index (χ4n) is 3.46. The average molecular weight is 446 g/mol. The summed E-state index contributed by atoms with van der Waals surface area (Å²) in [6.07, 6.45) is 1.48. The van der Waals surface area contributed by atoms with Crippen LogP contribution in [0.4, 0.5) is 5.82 Å². The van der Waals surface area contributed by atoms with Gasteiger partial charge >= 0.3 is 0 Å². The first kappa shape index (κ1) is 22.1. The van der Waals surface area contributed by atoms with Crippen molar-refractivity contribution < 1.29 is 13.2 Å². The number of carbonyl (C=O) groups is 1. The molecule has 0 bridgehead atoms. The molecule has 1 N–H and O–H groups in total. The maximum atomic E-state index is 13.6. The third kappa shape index (κ3) is 3.87. The van der Waals surface area contributed by atoms with Crippen LogP contribution in [0.3, 0.4) is 0 Å². The number of hydrogen-bond acceptors (Lipinski definition) is 4. The van der Waals surface area contributed by atoms with Gasteiger partial charge in [-0.05, 0) is 64.4 Å². The van der Waals surface area contributed by atoms with Gasteiger partial charge in [0.1, 0.15) is 15.9 Å². The maximum absolute atomic E-state index is 13.6. The number of halogens is 1. The number of nitrogens with one attached hydrogen (secondary N) is 1. The molecule has 0 saturated carbocycles. The third-order valence-corrected chi connectivity index (χ3v) is 7.28. The molecule has 30 heavy (non-hydrogen) atoms. The Kier molecular flexibility index (Phi) is 6.06. The van der Waals surface area contributed by atoms with E-state index < -0.39 is 15.7 Å². The number of anilines is 1. The van der Waals surface area contributed by atoms with Crippen molar-refractivity contribution in [3.05, 3.63) is 70.1 Å². The van der Waals surface area contributed by atoms with Crippen LogP contribution in [-0.4, -0.2) is 23.9 Å². The molecule has 0 fully saturated rings. The summed E-state index contributed by atoms with van der Waals surface area (Å²) in [6.45, 7) is 9.35. The maximum Gasteiger partial charge on any atom is 0.259 e. The van der Waals surface area contributed by atoms with Gasteiger partial charge in [0.25, 0.3) is 5.91 Å². The van der Waals surface area contributed by atoms with Crippen LogP contribution in [0.2, 0.25) is 5.15 Å². The Bertz CT molecular complexity index is 1210. The zero-order valence-electron chi connectivity index (χ0n) is 17.5. The quantitative estimate of drug-likeness (QED) is 0.552. The van der Waals surface area contributed by atoms with Crippen molar-refractivity contribution in [2.45, 2.75) is 50.5 Å². The standard InChI is InChI=1S/C22H24ClN3O3S/c1-13(2)26-16(5)15(4)19(30(28,29)17-10-8-14(3)9-11-17)21(26)25-22(27)18-7-6-12-24-20(18)23/h6-13H,1-5H3,(H,25,27). The van der Waals surface area contributed by atoms with E-state index in [2.05, 4.69) is 10.3 Å². The Morgan fingerprint density at radius 3 is 2.30 bits per heavy atom. The predicted molar refractivity (Wildman–Crippen MR) is 118 cm³/mol. The molecule has 0 atom stereocenters. The molecule has 158 valence electrons. The summed E-state index contributed by atoms with van der Waals surface area (Å²) in [4.78, 5) is 17.1. The van der Waals surface area contributed by atoms with Crippen molar-refractivity contribution in [2.75, 3.05) is 5.32 Å². The number of carbonyl (C=O) groups excluding carboxylic acids is 1. The van der Waals surface area contributed by atoms with Gasteiger partial charge in [0, 0.05) is 17.9 Å². The topological polar surface area (TPSA) is 81.1 Å². The van der Waals surface area contributed by atoms with Gasteiger partial charge in [-0.25, -0.2) is 13.4 Å². The van der Waals surface area contributed by atoms with Crippen LogP contribution in [0.5, 0.6) is 0 Å². The Labute approximate surface area is 181 Å². The van der Waals surface area contributed by atoms with E-state index in [-0.39, 0.29) is 32.4 Å². The molecule has 3 aromatic rings. The molecule has 0 aliphatic heterocycles. The largest absolute Gasteiger partial charge is 0.328 e. The second kappa shape index (κ2) is 8.24. The smallest absolute Gasteiger partial charge is 0.259 e. The van der Waals surface area contributed by atoms with Crippen LogP contribution in [0.15, 0.2) is 52.4 Å². The Morgan fingerprint density at radius 1 is 1.10 bits per heavy atom. The molecule has 0 unspecified atom stereocenters. The number of hydrogen-bond donors (Lipinski definition) is 1. The van der Waals surface area contributed by atoms with Crippen LogP contribution in [0.1, 0.15) is 47.1 Å². The normalized spacial score (nSPS) is 11.7. The van der Waals surface area contributed by atoms with Crippen molar-refractivity contribution in [1.82, 2.24) is 9.55 Å². The molecule has 0 saturated heterocycles. The second-order valence-electron chi connectivity index (χ2n) is 7.46. The summed E-state index contributed by atoms with van der Waals surface area (Å²) in [5.41, 5.74) is 2.49. The van der Waals surface area contributed by atoms with E-state index in [1.54, 1.807) is 43.3 Å². The molecule has 8 heteroatoms. The van der Waals surface area contributed by atoms with Gasteiger partial charge < -0.3 is 9.88 Å². The highest BCUT2D eigenvalue weighted by molar-refractivity contribution is 7.91. The molecule has 2 heterocycles. The molecule has 0 aliphatic carbocycles. The molecule has 0 radical (unpaired) electrons. The number of benzene rings is 1. The first-order valence-electron chi connectivity index (χ1n) is 9.50. The lowest BCUT2D eigenvalue weighted by Gasteiger charge is -2.17. The molecule has 1 amide bonds. The minimum absolute atomic E-state index is 0.0500. The molecule has 2 aromatic heterocycles.